The summed E-state index contributed by atoms with van der Waals surface area (Å²) in [6.07, 6.45) is 5.00. The Balaban J connectivity index is 1.96. The van der Waals surface area contributed by atoms with Crippen molar-refractivity contribution in [1.82, 2.24) is 9.88 Å². The number of hydrogen-bond donors (Lipinski definition) is 2. The monoisotopic (exact) mass is 861 g/mol. The maximum Gasteiger partial charge on any atom is 0.342 e. The van der Waals surface area contributed by atoms with Crippen LogP contribution in [0.15, 0.2) is 21.8 Å². The summed E-state index contributed by atoms with van der Waals surface area (Å²) in [5, 5.41) is 5.85. The number of rotatable bonds is 8. The Morgan fingerprint density at radius 2 is 1.03 bits per heavy atom. The molecule has 0 saturated heterocycles. The normalized spacial score (nSPS) is 27.1. The first-order valence-electron chi connectivity index (χ1n) is 23.4. The number of aliphatic imine (C=N–C) groups is 1. The average Bonchev–Trinajstić information content (AvgIpc) is 3.57. The molecule has 2 fully saturated rings. The third-order valence-electron chi connectivity index (χ3n) is 14.1. The molecule has 4 atom stereocenters. The molecule has 62 heavy (non-hydrogen) atoms. The highest BCUT2D eigenvalue weighted by molar-refractivity contribution is 6.25. The van der Waals surface area contributed by atoms with Gasteiger partial charge in [-0.05, 0) is 88.2 Å². The number of nitrogens with zero attached hydrogens (tertiary/aromatic N) is 2. The molecule has 0 spiro atoms. The van der Waals surface area contributed by atoms with Crippen LogP contribution in [0.4, 0.5) is 5.82 Å². The van der Waals surface area contributed by atoms with E-state index in [0.717, 1.165) is 25.7 Å². The number of amidine groups is 1. The van der Waals surface area contributed by atoms with Gasteiger partial charge >= 0.3 is 11.9 Å². The van der Waals surface area contributed by atoms with Crippen LogP contribution < -0.4 is 10.6 Å². The van der Waals surface area contributed by atoms with Crippen molar-refractivity contribution in [3.63, 3.8) is 0 Å². The third kappa shape index (κ3) is 11.1. The Bertz CT molecular complexity index is 1920. The van der Waals surface area contributed by atoms with Gasteiger partial charge in [-0.3, -0.25) is 9.59 Å². The first-order valence-corrected chi connectivity index (χ1v) is 23.4. The second-order valence-corrected chi connectivity index (χ2v) is 24.3. The van der Waals surface area contributed by atoms with Gasteiger partial charge in [0.05, 0.1) is 5.70 Å². The molecule has 10 heteroatoms. The molecule has 4 unspecified atom stereocenters. The second-order valence-electron chi connectivity index (χ2n) is 24.3. The molecule has 2 saturated carbocycles. The van der Waals surface area contributed by atoms with Crippen LogP contribution in [0.5, 0.6) is 0 Å². The minimum Gasteiger partial charge on any atom is -0.458 e. The van der Waals surface area contributed by atoms with E-state index in [1.807, 2.05) is 45.4 Å². The van der Waals surface area contributed by atoms with Crippen molar-refractivity contribution in [2.45, 2.75) is 182 Å². The lowest BCUT2D eigenvalue weighted by molar-refractivity contribution is -0.164. The second kappa shape index (κ2) is 18.4. The summed E-state index contributed by atoms with van der Waals surface area (Å²) in [5.74, 6) is -0.0840. The molecule has 1 aromatic rings. The van der Waals surface area contributed by atoms with Gasteiger partial charge < -0.3 is 24.7 Å². The topological polar surface area (TPSA) is 128 Å². The molecule has 3 aliphatic rings. The van der Waals surface area contributed by atoms with Crippen LogP contribution in [0, 0.1) is 63.1 Å². The quantitative estimate of drug-likeness (QED) is 0.251. The first kappa shape index (κ1) is 50.9. The summed E-state index contributed by atoms with van der Waals surface area (Å²) in [5.41, 5.74) is 2.56. The van der Waals surface area contributed by atoms with E-state index in [4.69, 9.17) is 14.5 Å². The van der Waals surface area contributed by atoms with E-state index in [9.17, 15) is 14.4 Å². The number of hydrogen-bond acceptors (Lipinski definition) is 7. The minimum atomic E-state index is -0.504. The van der Waals surface area contributed by atoms with Crippen molar-refractivity contribution < 1.29 is 28.7 Å². The highest BCUT2D eigenvalue weighted by Crippen LogP contribution is 2.52. The van der Waals surface area contributed by atoms with Crippen molar-refractivity contribution in [1.29, 1.82) is 0 Å². The van der Waals surface area contributed by atoms with Gasteiger partial charge in [-0.1, -0.05) is 125 Å². The smallest absolute Gasteiger partial charge is 0.342 e. The van der Waals surface area contributed by atoms with Gasteiger partial charge in [-0.15, -0.1) is 0 Å². The van der Waals surface area contributed by atoms with Crippen LogP contribution in [0.25, 0.3) is 6.08 Å². The summed E-state index contributed by atoms with van der Waals surface area (Å²) >= 11 is 0. The summed E-state index contributed by atoms with van der Waals surface area (Å²) in [6, 6.07) is 0. The molecule has 0 aromatic carbocycles. The van der Waals surface area contributed by atoms with E-state index in [0.29, 0.717) is 45.7 Å². The molecular weight excluding hydrogens is 777 g/mol. The summed E-state index contributed by atoms with van der Waals surface area (Å²) in [7, 11) is 1.82. The van der Waals surface area contributed by atoms with Gasteiger partial charge in [0.15, 0.2) is 0 Å². The van der Waals surface area contributed by atoms with Gasteiger partial charge in [0.25, 0.3) is 0 Å². The van der Waals surface area contributed by atoms with Gasteiger partial charge in [-0.2, -0.15) is 0 Å². The van der Waals surface area contributed by atoms with Crippen LogP contribution in [0.3, 0.4) is 0 Å². The van der Waals surface area contributed by atoms with E-state index in [-0.39, 0.29) is 92.6 Å². The fourth-order valence-electron chi connectivity index (χ4n) is 10.9. The van der Waals surface area contributed by atoms with Crippen molar-refractivity contribution in [3.8, 4) is 0 Å². The molecule has 4 rings (SSSR count). The number of carbonyl (C=O) groups is 4. The SMILES string of the molecule is CC(=O)NC1=N/C(=C\c2c(C(C)C)c(C(=O)OC3C(C(C)(C)C)CC(C)CC3C(C)(C)C)c(NC(C)=O)n2C)C(C(C)C)=C1C(=O)OC1C(C(C)(C)C)CC(C)CC1C(C)(C)C. The number of amides is 2. The van der Waals surface area contributed by atoms with Crippen LogP contribution >= 0.6 is 0 Å². The largest absolute Gasteiger partial charge is 0.458 e. The van der Waals surface area contributed by atoms with Crippen molar-refractivity contribution in [2.24, 2.45) is 75.1 Å². The van der Waals surface area contributed by atoms with Gasteiger partial charge in [0.2, 0.25) is 11.8 Å². The zero-order chi connectivity index (χ0) is 47.4. The van der Waals surface area contributed by atoms with E-state index < -0.39 is 11.9 Å². The Morgan fingerprint density at radius 1 is 0.645 bits per heavy atom. The molecule has 2 amide bonds. The maximum atomic E-state index is 15.0. The number of esters is 2. The Labute approximate surface area is 375 Å². The van der Waals surface area contributed by atoms with Gasteiger partial charge in [-0.25, -0.2) is 14.6 Å². The molecule has 1 aliphatic heterocycles. The van der Waals surface area contributed by atoms with Crippen LogP contribution in [-0.2, 0) is 30.9 Å². The van der Waals surface area contributed by atoms with Crippen molar-refractivity contribution >= 4 is 41.5 Å². The van der Waals surface area contributed by atoms with Crippen molar-refractivity contribution in [2.75, 3.05) is 5.32 Å². The van der Waals surface area contributed by atoms with Crippen LogP contribution in [0.2, 0.25) is 0 Å². The van der Waals surface area contributed by atoms with E-state index in [1.54, 1.807) is 0 Å². The summed E-state index contributed by atoms with van der Waals surface area (Å²) in [4.78, 5) is 60.6. The highest BCUT2D eigenvalue weighted by atomic mass is 16.5. The molecule has 2 aliphatic carbocycles. The predicted molar refractivity (Wildman–Crippen MR) is 253 cm³/mol. The van der Waals surface area contributed by atoms with Gasteiger partial charge in [0, 0.05) is 50.3 Å². The molecule has 348 valence electrons. The Kier molecular flexibility index (Phi) is 15.1. The van der Waals surface area contributed by atoms with E-state index in [2.05, 4.69) is 108 Å². The highest BCUT2D eigenvalue weighted by Gasteiger charge is 2.50. The average molecular weight is 861 g/mol. The number of nitrogens with one attached hydrogen (secondary N) is 2. The standard InChI is InChI=1S/C52H84N4O6/c1-27(2)39-37(55-45(53-31(7)57)41(39)47(59)61-43-33(49(9,10)11)22-29(5)23-34(43)50(12,13)14)26-38-40(28(3)4)42(46(56(38)21)54-32(8)58)48(60)62-44-35(51(15,16)17)24-30(6)25-36(44)52(18,19)20/h26-30,33-36,43-44H,22-25H2,1-21H3,(H,54,58)(H,53,55,57)/b37-26-. The van der Waals surface area contributed by atoms with Crippen LogP contribution in [-0.4, -0.2) is 46.4 Å². The number of anilines is 1. The zero-order valence-corrected chi connectivity index (χ0v) is 42.5. The molecule has 2 N–H and O–H groups in total. The van der Waals surface area contributed by atoms with Crippen LogP contribution in [0.1, 0.15) is 192 Å². The van der Waals surface area contributed by atoms with E-state index in [1.165, 1.54) is 13.8 Å². The summed E-state index contributed by atoms with van der Waals surface area (Å²) in [6.45, 7) is 42.2. The predicted octanol–water partition coefficient (Wildman–Crippen LogP) is 11.9. The van der Waals surface area contributed by atoms with Gasteiger partial charge in [0.1, 0.15) is 35.0 Å². The lowest BCUT2D eigenvalue weighted by Crippen LogP contribution is -2.50. The number of ether oxygens (including phenoxy) is 2. The van der Waals surface area contributed by atoms with Crippen molar-refractivity contribution in [3.05, 3.63) is 33.7 Å². The molecular formula is C52H84N4O6. The molecule has 0 radical (unpaired) electrons. The lowest BCUT2D eigenvalue weighted by Gasteiger charge is -2.50. The fraction of sp³-hybridized carbons (Fsp3) is 0.750. The molecule has 0 bridgehead atoms. The fourth-order valence-corrected chi connectivity index (χ4v) is 10.9. The number of allylic oxidation sites excluding steroid dienone is 1. The van der Waals surface area contributed by atoms with E-state index >= 15 is 4.79 Å². The molecule has 10 nitrogen and oxygen atoms in total. The molecule has 2 heterocycles. The first-order chi connectivity index (χ1) is 28.2. The summed E-state index contributed by atoms with van der Waals surface area (Å²) < 4.78 is 15.4. The third-order valence-corrected chi connectivity index (χ3v) is 14.1. The zero-order valence-electron chi connectivity index (χ0n) is 42.5. The molecule has 1 aromatic heterocycles. The number of carbonyl (C=O) groups excluding carboxylic acids is 4. The lowest BCUT2D eigenvalue weighted by atomic mass is 9.59. The Hall–Kier alpha value is -3.69. The maximum absolute atomic E-state index is 15.0. The Morgan fingerprint density at radius 3 is 1.37 bits per heavy atom. The minimum absolute atomic E-state index is 0.113. The number of aromatic nitrogens is 1.